The summed E-state index contributed by atoms with van der Waals surface area (Å²) in [6.07, 6.45) is 31.9. The minimum absolute atomic E-state index is 0.00341. The van der Waals surface area contributed by atoms with E-state index in [2.05, 4.69) is 13.8 Å². The van der Waals surface area contributed by atoms with Crippen LogP contribution >= 0.6 is 0 Å². The van der Waals surface area contributed by atoms with Crippen LogP contribution < -0.4 is 0 Å². The van der Waals surface area contributed by atoms with Crippen molar-refractivity contribution in [2.24, 2.45) is 0 Å². The number of carbonyl (C=O) groups is 2. The van der Waals surface area contributed by atoms with Crippen molar-refractivity contribution in [3.05, 3.63) is 0 Å². The maximum atomic E-state index is 12.2. The van der Waals surface area contributed by atoms with Crippen molar-refractivity contribution in [1.29, 1.82) is 0 Å². The van der Waals surface area contributed by atoms with Gasteiger partial charge in [-0.15, -0.1) is 0 Å². The Balaban J connectivity index is 3.42. The number of aliphatic carboxylic acids is 1. The number of esters is 1. The molecule has 0 aromatic heterocycles. The normalized spacial score (nSPS) is 12.1. The Morgan fingerprint density at radius 2 is 0.889 bits per heavy atom. The lowest BCUT2D eigenvalue weighted by Crippen LogP contribution is -2.17. The van der Waals surface area contributed by atoms with Crippen LogP contribution in [0.5, 0.6) is 0 Å². The van der Waals surface area contributed by atoms with Crippen LogP contribution in [0.2, 0.25) is 0 Å². The summed E-state index contributed by atoms with van der Waals surface area (Å²) in [6.45, 7) is 4.40. The molecule has 4 nitrogen and oxygen atoms in total. The Labute approximate surface area is 224 Å². The third-order valence-corrected chi connectivity index (χ3v) is 7.40. The van der Waals surface area contributed by atoms with Crippen molar-refractivity contribution >= 4 is 11.9 Å². The quantitative estimate of drug-likeness (QED) is 0.0802. The topological polar surface area (TPSA) is 63.6 Å². The fourth-order valence-corrected chi connectivity index (χ4v) is 4.94. The first-order valence-electron chi connectivity index (χ1n) is 16.0. The molecule has 36 heavy (non-hydrogen) atoms. The lowest BCUT2D eigenvalue weighted by Gasteiger charge is -2.16. The number of carboxylic acid groups (broad SMARTS) is 1. The van der Waals surface area contributed by atoms with Crippen molar-refractivity contribution in [2.75, 3.05) is 0 Å². The molecule has 4 heteroatoms. The van der Waals surface area contributed by atoms with Crippen LogP contribution in [0, 0.1) is 0 Å². The first-order valence-corrected chi connectivity index (χ1v) is 16.0. The maximum absolute atomic E-state index is 12.2. The van der Waals surface area contributed by atoms with Crippen LogP contribution in [0.15, 0.2) is 0 Å². The molecule has 0 spiro atoms. The van der Waals surface area contributed by atoms with Crippen LogP contribution in [-0.2, 0) is 14.3 Å². The number of carbonyl (C=O) groups excluding carboxylic acids is 1. The van der Waals surface area contributed by atoms with Gasteiger partial charge in [0.15, 0.2) is 0 Å². The number of hydrogen-bond donors (Lipinski definition) is 1. The van der Waals surface area contributed by atoms with Gasteiger partial charge >= 0.3 is 11.9 Å². The predicted octanol–water partition coefficient (Wildman–Crippen LogP) is 10.6. The van der Waals surface area contributed by atoms with Gasteiger partial charge in [-0.25, -0.2) is 0 Å². The van der Waals surface area contributed by atoms with Crippen molar-refractivity contribution in [2.45, 2.75) is 193 Å². The Hall–Kier alpha value is -1.06. The molecule has 0 aliphatic heterocycles. The maximum Gasteiger partial charge on any atom is 0.306 e. The molecule has 0 rings (SSSR count). The first kappa shape index (κ1) is 34.9. The van der Waals surface area contributed by atoms with E-state index in [0.717, 1.165) is 51.4 Å². The minimum atomic E-state index is -0.680. The lowest BCUT2D eigenvalue weighted by molar-refractivity contribution is -0.149. The number of rotatable bonds is 29. The molecule has 0 saturated carbocycles. The second-order valence-electron chi connectivity index (χ2n) is 11.0. The van der Waals surface area contributed by atoms with Crippen molar-refractivity contribution in [1.82, 2.24) is 0 Å². The van der Waals surface area contributed by atoms with Gasteiger partial charge in [-0.2, -0.15) is 0 Å². The highest BCUT2D eigenvalue weighted by atomic mass is 16.5. The third kappa shape index (κ3) is 27.5. The molecule has 0 radical (unpaired) electrons. The molecule has 0 fully saturated rings. The summed E-state index contributed by atoms with van der Waals surface area (Å²) >= 11 is 0. The number of unbranched alkanes of at least 4 members (excludes halogenated alkanes) is 21. The van der Waals surface area contributed by atoms with Crippen molar-refractivity contribution in [3.8, 4) is 0 Å². The van der Waals surface area contributed by atoms with Gasteiger partial charge in [-0.3, -0.25) is 9.59 Å². The largest absolute Gasteiger partial charge is 0.481 e. The average Bonchev–Trinajstić information content (AvgIpc) is 2.86. The summed E-state index contributed by atoms with van der Waals surface area (Å²) in [6, 6.07) is 0. The van der Waals surface area contributed by atoms with Crippen LogP contribution in [-0.4, -0.2) is 23.1 Å². The Morgan fingerprint density at radius 1 is 0.528 bits per heavy atom. The molecule has 1 atom stereocenters. The zero-order chi connectivity index (χ0) is 26.5. The van der Waals surface area contributed by atoms with Gasteiger partial charge in [-0.1, -0.05) is 142 Å². The average molecular weight is 511 g/mol. The van der Waals surface area contributed by atoms with E-state index in [0.29, 0.717) is 12.8 Å². The van der Waals surface area contributed by atoms with Gasteiger partial charge < -0.3 is 9.84 Å². The van der Waals surface area contributed by atoms with Gasteiger partial charge in [0.25, 0.3) is 0 Å². The van der Waals surface area contributed by atoms with Gasteiger partial charge in [0, 0.05) is 12.8 Å². The monoisotopic (exact) mass is 510 g/mol. The molecule has 214 valence electrons. The van der Waals surface area contributed by atoms with Crippen LogP contribution in [0.25, 0.3) is 0 Å². The highest BCUT2D eigenvalue weighted by Gasteiger charge is 2.12. The molecule has 0 aromatic carbocycles. The Morgan fingerprint density at radius 3 is 1.28 bits per heavy atom. The number of carboxylic acids is 1. The molecular weight excluding hydrogens is 448 g/mol. The summed E-state index contributed by atoms with van der Waals surface area (Å²) in [5.41, 5.74) is 0. The van der Waals surface area contributed by atoms with E-state index in [1.165, 1.54) is 109 Å². The summed E-state index contributed by atoms with van der Waals surface area (Å²) in [5.74, 6) is -0.676. The smallest absolute Gasteiger partial charge is 0.306 e. The van der Waals surface area contributed by atoms with Gasteiger partial charge in [0.1, 0.15) is 6.10 Å². The standard InChI is InChI=1S/C32H62O4/c1-3-5-6-7-8-9-10-11-12-13-17-20-23-26-29-32(35)36-30(4-2)27-24-21-18-15-14-16-19-22-25-28-31(33)34/h30H,3-29H2,1-2H3,(H,33,34). The molecule has 0 aliphatic carbocycles. The van der Waals surface area contributed by atoms with Gasteiger partial charge in [-0.05, 0) is 32.1 Å². The van der Waals surface area contributed by atoms with E-state index >= 15 is 0 Å². The lowest BCUT2D eigenvalue weighted by atomic mass is 10.0. The molecule has 0 aromatic rings. The second-order valence-corrected chi connectivity index (χ2v) is 11.0. The van der Waals surface area contributed by atoms with E-state index in [-0.39, 0.29) is 12.1 Å². The molecule has 0 aliphatic rings. The van der Waals surface area contributed by atoms with Crippen LogP contribution in [0.4, 0.5) is 0 Å². The van der Waals surface area contributed by atoms with E-state index < -0.39 is 5.97 Å². The van der Waals surface area contributed by atoms with E-state index in [1.807, 2.05) is 0 Å². The van der Waals surface area contributed by atoms with Crippen molar-refractivity contribution < 1.29 is 19.4 Å². The fourth-order valence-electron chi connectivity index (χ4n) is 4.94. The Bertz CT molecular complexity index is 477. The zero-order valence-corrected chi connectivity index (χ0v) is 24.3. The molecular formula is C32H62O4. The molecule has 1 N–H and O–H groups in total. The van der Waals surface area contributed by atoms with Crippen molar-refractivity contribution in [3.63, 3.8) is 0 Å². The second kappa shape index (κ2) is 28.5. The Kier molecular flexibility index (Phi) is 27.7. The zero-order valence-electron chi connectivity index (χ0n) is 24.3. The van der Waals surface area contributed by atoms with E-state index in [4.69, 9.17) is 9.84 Å². The summed E-state index contributed by atoms with van der Waals surface area (Å²) < 4.78 is 5.73. The molecule has 0 heterocycles. The van der Waals surface area contributed by atoms with Crippen LogP contribution in [0.3, 0.4) is 0 Å². The highest BCUT2D eigenvalue weighted by molar-refractivity contribution is 5.69. The SMILES string of the molecule is CCCCCCCCCCCCCCCCC(=O)OC(CC)CCCCCCCCCCCC(=O)O. The van der Waals surface area contributed by atoms with Crippen LogP contribution in [0.1, 0.15) is 187 Å². The highest BCUT2D eigenvalue weighted by Crippen LogP contribution is 2.16. The number of ether oxygens (including phenoxy) is 1. The summed E-state index contributed by atoms with van der Waals surface area (Å²) in [5, 5.41) is 8.63. The van der Waals surface area contributed by atoms with Gasteiger partial charge in [0.2, 0.25) is 0 Å². The summed E-state index contributed by atoms with van der Waals surface area (Å²) in [7, 11) is 0. The molecule has 1 unspecified atom stereocenters. The fraction of sp³-hybridized carbons (Fsp3) is 0.938. The minimum Gasteiger partial charge on any atom is -0.481 e. The van der Waals surface area contributed by atoms with Gasteiger partial charge in [0.05, 0.1) is 0 Å². The van der Waals surface area contributed by atoms with E-state index in [9.17, 15) is 9.59 Å². The number of hydrogen-bond acceptors (Lipinski definition) is 3. The summed E-state index contributed by atoms with van der Waals surface area (Å²) in [4.78, 5) is 22.7. The predicted molar refractivity (Wildman–Crippen MR) is 154 cm³/mol. The molecule has 0 amide bonds. The molecule has 0 saturated heterocycles. The van der Waals surface area contributed by atoms with E-state index in [1.54, 1.807) is 0 Å². The third-order valence-electron chi connectivity index (χ3n) is 7.40. The molecule has 0 bridgehead atoms. The first-order chi connectivity index (χ1) is 17.6.